The average molecular weight is 384 g/mol. The third-order valence-corrected chi connectivity index (χ3v) is 3.62. The van der Waals surface area contributed by atoms with Crippen LogP contribution in [0.2, 0.25) is 0 Å². The van der Waals surface area contributed by atoms with E-state index in [-0.39, 0.29) is 18.0 Å². The van der Waals surface area contributed by atoms with E-state index >= 15 is 0 Å². The number of methoxy groups -OCH3 is 1. The number of amides is 2. The Bertz CT molecular complexity index is 877. The standard InChI is InChI=1S/C20H20N2O6/c1-13(23)22-17-5-3-4-16(10-17)20(26)28-12-18(24)21-11-14-6-8-15(9-7-14)19(25)27-2/h3-10H,11-12H2,1-2H3,(H,21,24)(H,22,23). The van der Waals surface area contributed by atoms with Crippen LogP contribution < -0.4 is 10.6 Å². The molecule has 0 radical (unpaired) electrons. The Labute approximate surface area is 161 Å². The highest BCUT2D eigenvalue weighted by molar-refractivity contribution is 5.94. The molecular formula is C20H20N2O6. The maximum Gasteiger partial charge on any atom is 0.338 e. The minimum Gasteiger partial charge on any atom is -0.465 e. The number of carbonyl (C=O) groups is 4. The van der Waals surface area contributed by atoms with Crippen LogP contribution >= 0.6 is 0 Å². The number of esters is 2. The molecule has 0 saturated carbocycles. The second kappa shape index (κ2) is 9.86. The van der Waals surface area contributed by atoms with E-state index in [9.17, 15) is 19.2 Å². The van der Waals surface area contributed by atoms with E-state index in [1.807, 2.05) is 0 Å². The maximum absolute atomic E-state index is 12.0. The third-order valence-electron chi connectivity index (χ3n) is 3.62. The maximum atomic E-state index is 12.0. The highest BCUT2D eigenvalue weighted by atomic mass is 16.5. The molecule has 0 bridgehead atoms. The average Bonchev–Trinajstić information content (AvgIpc) is 2.70. The van der Waals surface area contributed by atoms with Crippen LogP contribution in [-0.4, -0.2) is 37.5 Å². The van der Waals surface area contributed by atoms with Crippen molar-refractivity contribution in [3.8, 4) is 0 Å². The molecule has 146 valence electrons. The lowest BCUT2D eigenvalue weighted by Crippen LogP contribution is -2.28. The molecular weight excluding hydrogens is 364 g/mol. The van der Waals surface area contributed by atoms with Crippen molar-refractivity contribution < 1.29 is 28.7 Å². The normalized spacial score (nSPS) is 9.93. The first-order valence-electron chi connectivity index (χ1n) is 8.38. The molecule has 2 N–H and O–H groups in total. The number of nitrogens with one attached hydrogen (secondary N) is 2. The Morgan fingerprint density at radius 3 is 2.29 bits per heavy atom. The van der Waals surface area contributed by atoms with Gasteiger partial charge < -0.3 is 20.1 Å². The molecule has 0 aromatic heterocycles. The smallest absolute Gasteiger partial charge is 0.338 e. The molecule has 0 spiro atoms. The summed E-state index contributed by atoms with van der Waals surface area (Å²) in [4.78, 5) is 46.3. The Morgan fingerprint density at radius 1 is 0.929 bits per heavy atom. The Kier molecular flexibility index (Phi) is 7.27. The van der Waals surface area contributed by atoms with E-state index in [2.05, 4.69) is 15.4 Å². The van der Waals surface area contributed by atoms with Gasteiger partial charge in [-0.15, -0.1) is 0 Å². The zero-order chi connectivity index (χ0) is 20.5. The van der Waals surface area contributed by atoms with Crippen molar-refractivity contribution in [2.24, 2.45) is 0 Å². The first-order valence-corrected chi connectivity index (χ1v) is 8.38. The first kappa shape index (κ1) is 20.6. The van der Waals surface area contributed by atoms with Crippen molar-refractivity contribution in [2.45, 2.75) is 13.5 Å². The Hall–Kier alpha value is -3.68. The van der Waals surface area contributed by atoms with E-state index in [0.717, 1.165) is 5.56 Å². The number of hydrogen-bond acceptors (Lipinski definition) is 6. The van der Waals surface area contributed by atoms with Gasteiger partial charge in [-0.25, -0.2) is 9.59 Å². The summed E-state index contributed by atoms with van der Waals surface area (Å²) in [6, 6.07) is 12.8. The lowest BCUT2D eigenvalue weighted by Gasteiger charge is -2.08. The van der Waals surface area contributed by atoms with Crippen molar-refractivity contribution >= 4 is 29.4 Å². The van der Waals surface area contributed by atoms with Gasteiger partial charge in [0.25, 0.3) is 5.91 Å². The summed E-state index contributed by atoms with van der Waals surface area (Å²) >= 11 is 0. The molecule has 8 nitrogen and oxygen atoms in total. The second-order valence-electron chi connectivity index (χ2n) is 5.80. The SMILES string of the molecule is COC(=O)c1ccc(CNC(=O)COC(=O)c2cccc(NC(C)=O)c2)cc1. The Balaban J connectivity index is 1.81. The molecule has 2 amide bonds. The zero-order valence-electron chi connectivity index (χ0n) is 15.5. The Morgan fingerprint density at radius 2 is 1.64 bits per heavy atom. The molecule has 0 aliphatic rings. The van der Waals surface area contributed by atoms with Crippen LogP contribution in [-0.2, 0) is 25.6 Å². The van der Waals surface area contributed by atoms with Gasteiger partial charge >= 0.3 is 11.9 Å². The van der Waals surface area contributed by atoms with Gasteiger partial charge in [-0.2, -0.15) is 0 Å². The largest absolute Gasteiger partial charge is 0.465 e. The highest BCUT2D eigenvalue weighted by Crippen LogP contribution is 2.11. The van der Waals surface area contributed by atoms with E-state index in [4.69, 9.17) is 4.74 Å². The van der Waals surface area contributed by atoms with Gasteiger partial charge in [0, 0.05) is 19.2 Å². The third kappa shape index (κ3) is 6.24. The lowest BCUT2D eigenvalue weighted by atomic mass is 10.1. The van der Waals surface area contributed by atoms with E-state index in [1.165, 1.54) is 26.2 Å². The number of rotatable bonds is 7. The van der Waals surface area contributed by atoms with Gasteiger partial charge in [0.2, 0.25) is 5.91 Å². The van der Waals surface area contributed by atoms with Crippen LogP contribution in [0, 0.1) is 0 Å². The predicted octanol–water partition coefficient (Wildman–Crippen LogP) is 1.90. The quantitative estimate of drug-likeness (QED) is 0.706. The molecule has 2 aromatic carbocycles. The van der Waals surface area contributed by atoms with E-state index in [1.54, 1.807) is 36.4 Å². The van der Waals surface area contributed by atoms with Crippen molar-refractivity contribution in [3.05, 3.63) is 65.2 Å². The molecule has 0 saturated heterocycles. The summed E-state index contributed by atoms with van der Waals surface area (Å²) in [5.41, 5.74) is 1.86. The lowest BCUT2D eigenvalue weighted by molar-refractivity contribution is -0.124. The molecule has 2 rings (SSSR count). The van der Waals surface area contributed by atoms with Crippen molar-refractivity contribution in [3.63, 3.8) is 0 Å². The van der Waals surface area contributed by atoms with Crippen LogP contribution in [0.25, 0.3) is 0 Å². The summed E-state index contributed by atoms with van der Waals surface area (Å²) in [5, 5.41) is 5.18. The highest BCUT2D eigenvalue weighted by Gasteiger charge is 2.11. The number of benzene rings is 2. The fourth-order valence-corrected chi connectivity index (χ4v) is 2.27. The predicted molar refractivity (Wildman–Crippen MR) is 101 cm³/mol. The molecule has 28 heavy (non-hydrogen) atoms. The summed E-state index contributed by atoms with van der Waals surface area (Å²) in [5.74, 6) is -1.84. The van der Waals surface area contributed by atoms with E-state index in [0.29, 0.717) is 11.3 Å². The fourth-order valence-electron chi connectivity index (χ4n) is 2.27. The summed E-state index contributed by atoms with van der Waals surface area (Å²) in [6.07, 6.45) is 0. The van der Waals surface area contributed by atoms with Crippen LogP contribution in [0.1, 0.15) is 33.2 Å². The minimum atomic E-state index is -0.676. The molecule has 2 aromatic rings. The second-order valence-corrected chi connectivity index (χ2v) is 5.80. The molecule has 0 aliphatic heterocycles. The van der Waals surface area contributed by atoms with Gasteiger partial charge in [0.1, 0.15) is 0 Å². The molecule has 8 heteroatoms. The zero-order valence-corrected chi connectivity index (χ0v) is 15.5. The summed E-state index contributed by atoms with van der Waals surface area (Å²) < 4.78 is 9.59. The number of ether oxygens (including phenoxy) is 2. The van der Waals surface area contributed by atoms with Gasteiger partial charge in [-0.05, 0) is 35.9 Å². The number of carbonyl (C=O) groups excluding carboxylic acids is 4. The van der Waals surface area contributed by atoms with Gasteiger partial charge in [0.05, 0.1) is 18.2 Å². The topological polar surface area (TPSA) is 111 Å². The van der Waals surface area contributed by atoms with E-state index < -0.39 is 24.5 Å². The molecule has 0 atom stereocenters. The monoisotopic (exact) mass is 384 g/mol. The van der Waals surface area contributed by atoms with Gasteiger partial charge in [-0.1, -0.05) is 18.2 Å². The minimum absolute atomic E-state index is 0.218. The molecule has 0 unspecified atom stereocenters. The summed E-state index contributed by atoms with van der Waals surface area (Å²) in [7, 11) is 1.30. The van der Waals surface area contributed by atoms with Crippen LogP contribution in [0.4, 0.5) is 5.69 Å². The van der Waals surface area contributed by atoms with Crippen molar-refractivity contribution in [1.29, 1.82) is 0 Å². The number of hydrogen-bond donors (Lipinski definition) is 2. The van der Waals surface area contributed by atoms with Crippen LogP contribution in [0.3, 0.4) is 0 Å². The van der Waals surface area contributed by atoms with Gasteiger partial charge in [-0.3, -0.25) is 9.59 Å². The molecule has 0 fully saturated rings. The summed E-state index contributed by atoms with van der Waals surface area (Å²) in [6.45, 7) is 1.14. The van der Waals surface area contributed by atoms with Crippen LogP contribution in [0.15, 0.2) is 48.5 Å². The molecule has 0 heterocycles. The fraction of sp³-hybridized carbons (Fsp3) is 0.200. The first-order chi connectivity index (χ1) is 13.4. The van der Waals surface area contributed by atoms with Crippen molar-refractivity contribution in [2.75, 3.05) is 19.0 Å². The number of anilines is 1. The van der Waals surface area contributed by atoms with Gasteiger partial charge in [0.15, 0.2) is 6.61 Å². The van der Waals surface area contributed by atoms with Crippen molar-refractivity contribution in [1.82, 2.24) is 5.32 Å². The molecule has 0 aliphatic carbocycles. The van der Waals surface area contributed by atoms with Crippen LogP contribution in [0.5, 0.6) is 0 Å².